The normalized spacial score (nSPS) is 11.8. The fourth-order valence-corrected chi connectivity index (χ4v) is 4.92. The number of nitrogens with zero attached hydrogens (tertiary/aromatic N) is 1. The molecule has 0 fully saturated rings. The summed E-state index contributed by atoms with van der Waals surface area (Å²) in [5, 5.41) is 11.1. The van der Waals surface area contributed by atoms with E-state index in [2.05, 4.69) is 0 Å². The molecule has 5 aromatic rings. The maximum atomic E-state index is 13.9. The Hall–Kier alpha value is -4.25. The summed E-state index contributed by atoms with van der Waals surface area (Å²) in [7, 11) is 1.44. The van der Waals surface area contributed by atoms with Gasteiger partial charge in [0.2, 0.25) is 0 Å². The number of aromatic nitrogens is 1. The summed E-state index contributed by atoms with van der Waals surface area (Å²) in [6.45, 7) is -0.0733. The molecule has 0 radical (unpaired) electrons. The van der Waals surface area contributed by atoms with Gasteiger partial charge in [0.1, 0.15) is 21.8 Å². The highest BCUT2D eigenvalue weighted by molar-refractivity contribution is 7.99. The molecule has 2 aromatic heterocycles. The number of ether oxygens (including phenoxy) is 1. The molecule has 0 atom stereocenters. The van der Waals surface area contributed by atoms with Gasteiger partial charge in [-0.05, 0) is 54.1 Å². The molecule has 0 aliphatic rings. The highest BCUT2D eigenvalue weighted by Crippen LogP contribution is 2.39. The van der Waals surface area contributed by atoms with Gasteiger partial charge in [-0.15, -0.1) is 0 Å². The zero-order chi connectivity index (χ0) is 27.2. The fraction of sp³-hybridized carbons (Fsp3) is 0.111. The van der Waals surface area contributed by atoms with Gasteiger partial charge in [-0.1, -0.05) is 23.9 Å². The molecule has 0 saturated carbocycles. The Balaban J connectivity index is 1.72. The van der Waals surface area contributed by atoms with Crippen LogP contribution in [0.3, 0.4) is 0 Å². The van der Waals surface area contributed by atoms with Crippen molar-refractivity contribution in [3.63, 3.8) is 0 Å². The molecule has 0 aliphatic heterocycles. The third-order valence-corrected chi connectivity index (χ3v) is 6.96. The van der Waals surface area contributed by atoms with Gasteiger partial charge < -0.3 is 18.8 Å². The van der Waals surface area contributed by atoms with E-state index in [-0.39, 0.29) is 27.3 Å². The van der Waals surface area contributed by atoms with E-state index in [0.717, 1.165) is 24.3 Å². The lowest BCUT2D eigenvalue weighted by molar-refractivity contribution is -0.137. The standard InChI is InChI=1S/C27H17F4NO5S/c1-36-17-7-10-19-20(12-17)32(13-14-3-2-4-16(28)11-14)25(34)21-22(33)24(26(35)37-23(19)21)38-18-8-5-15(6-9-18)27(29,30)31/h2-12,33H,13H2,1H3. The second-order valence-electron chi connectivity index (χ2n) is 8.30. The topological polar surface area (TPSA) is 81.7 Å². The second kappa shape index (κ2) is 9.56. The average Bonchev–Trinajstić information content (AvgIpc) is 2.88. The first-order valence-electron chi connectivity index (χ1n) is 11.1. The minimum Gasteiger partial charge on any atom is -0.505 e. The third-order valence-electron chi connectivity index (χ3n) is 5.89. The van der Waals surface area contributed by atoms with Crippen LogP contribution in [0.5, 0.6) is 11.5 Å². The summed E-state index contributed by atoms with van der Waals surface area (Å²) in [5.74, 6) is -0.760. The lowest BCUT2D eigenvalue weighted by Crippen LogP contribution is -2.23. The van der Waals surface area contributed by atoms with E-state index in [1.165, 1.54) is 29.9 Å². The first-order valence-corrected chi connectivity index (χ1v) is 11.9. The Morgan fingerprint density at radius 2 is 1.76 bits per heavy atom. The Kier molecular flexibility index (Phi) is 6.39. The van der Waals surface area contributed by atoms with Crippen molar-refractivity contribution in [2.24, 2.45) is 0 Å². The number of fused-ring (bicyclic) bond motifs is 3. The molecule has 2 heterocycles. The van der Waals surface area contributed by atoms with Crippen molar-refractivity contribution < 1.29 is 31.8 Å². The maximum Gasteiger partial charge on any atom is 0.416 e. The quantitative estimate of drug-likeness (QED) is 0.211. The van der Waals surface area contributed by atoms with Crippen LogP contribution in [0.15, 0.2) is 90.5 Å². The molecule has 5 rings (SSSR count). The van der Waals surface area contributed by atoms with Gasteiger partial charge in [-0.25, -0.2) is 9.18 Å². The number of methoxy groups -OCH3 is 1. The number of pyridine rings is 1. The summed E-state index contributed by atoms with van der Waals surface area (Å²) in [4.78, 5) is 26.4. The van der Waals surface area contributed by atoms with E-state index in [1.54, 1.807) is 24.3 Å². The molecule has 1 N–H and O–H groups in total. The summed E-state index contributed by atoms with van der Waals surface area (Å²) in [6, 6.07) is 14.3. The van der Waals surface area contributed by atoms with Crippen molar-refractivity contribution in [3.05, 3.63) is 104 Å². The molecule has 0 aliphatic carbocycles. The summed E-state index contributed by atoms with van der Waals surface area (Å²) < 4.78 is 64.6. The molecule has 0 unspecified atom stereocenters. The molecule has 6 nitrogen and oxygen atoms in total. The Labute approximate surface area is 215 Å². The molecule has 194 valence electrons. The SMILES string of the molecule is COc1ccc2c3oc(=O)c(Sc4ccc(C(F)(F)F)cc4)c(O)c3c(=O)n(Cc3cccc(F)c3)c2c1. The van der Waals surface area contributed by atoms with E-state index in [1.807, 2.05) is 0 Å². The number of benzene rings is 3. The summed E-state index contributed by atoms with van der Waals surface area (Å²) in [6.07, 6.45) is -4.54. The van der Waals surface area contributed by atoms with Gasteiger partial charge in [0.25, 0.3) is 5.56 Å². The van der Waals surface area contributed by atoms with Crippen LogP contribution in [-0.2, 0) is 12.7 Å². The smallest absolute Gasteiger partial charge is 0.416 e. The molecule has 38 heavy (non-hydrogen) atoms. The molecular formula is C27H17F4NO5S. The largest absolute Gasteiger partial charge is 0.505 e. The number of aromatic hydroxyl groups is 1. The molecule has 0 spiro atoms. The molecule has 0 saturated heterocycles. The number of hydrogen-bond donors (Lipinski definition) is 1. The van der Waals surface area contributed by atoms with Crippen molar-refractivity contribution in [3.8, 4) is 11.5 Å². The van der Waals surface area contributed by atoms with E-state index in [4.69, 9.17) is 9.15 Å². The third kappa shape index (κ3) is 4.60. The summed E-state index contributed by atoms with van der Waals surface area (Å²) >= 11 is 0.666. The maximum absolute atomic E-state index is 13.9. The van der Waals surface area contributed by atoms with Gasteiger partial charge in [0.05, 0.1) is 24.7 Å². The van der Waals surface area contributed by atoms with Crippen LogP contribution in [0.25, 0.3) is 21.9 Å². The van der Waals surface area contributed by atoms with Crippen molar-refractivity contribution in [1.29, 1.82) is 0 Å². The zero-order valence-corrected chi connectivity index (χ0v) is 20.3. The predicted molar refractivity (Wildman–Crippen MR) is 134 cm³/mol. The number of rotatable bonds is 5. The van der Waals surface area contributed by atoms with Crippen molar-refractivity contribution in [1.82, 2.24) is 4.57 Å². The van der Waals surface area contributed by atoms with Gasteiger partial charge in [-0.2, -0.15) is 13.2 Å². The van der Waals surface area contributed by atoms with Gasteiger partial charge in [0, 0.05) is 16.3 Å². The van der Waals surface area contributed by atoms with Crippen LogP contribution in [0.1, 0.15) is 11.1 Å². The van der Waals surface area contributed by atoms with Crippen LogP contribution < -0.4 is 15.9 Å². The van der Waals surface area contributed by atoms with Crippen LogP contribution in [0.2, 0.25) is 0 Å². The van der Waals surface area contributed by atoms with E-state index in [9.17, 15) is 32.3 Å². The second-order valence-corrected chi connectivity index (χ2v) is 9.38. The molecule has 0 amide bonds. The Morgan fingerprint density at radius 1 is 1.03 bits per heavy atom. The van der Waals surface area contributed by atoms with Crippen molar-refractivity contribution in [2.75, 3.05) is 7.11 Å². The molecule has 0 bridgehead atoms. The first kappa shape index (κ1) is 25.4. The Bertz CT molecular complexity index is 1810. The van der Waals surface area contributed by atoms with E-state index in [0.29, 0.717) is 34.0 Å². The molecular weight excluding hydrogens is 526 g/mol. The van der Waals surface area contributed by atoms with Gasteiger partial charge in [-0.3, -0.25) is 4.79 Å². The zero-order valence-electron chi connectivity index (χ0n) is 19.5. The minimum absolute atomic E-state index is 0.0733. The van der Waals surface area contributed by atoms with E-state index >= 15 is 0 Å². The number of hydrogen-bond acceptors (Lipinski definition) is 6. The molecule has 11 heteroatoms. The number of alkyl halides is 3. The van der Waals surface area contributed by atoms with Gasteiger partial charge in [0.15, 0.2) is 11.3 Å². The lowest BCUT2D eigenvalue weighted by Gasteiger charge is -2.15. The van der Waals surface area contributed by atoms with E-state index < -0.39 is 34.5 Å². The first-order chi connectivity index (χ1) is 18.1. The van der Waals surface area contributed by atoms with Crippen molar-refractivity contribution in [2.45, 2.75) is 22.5 Å². The lowest BCUT2D eigenvalue weighted by atomic mass is 10.1. The Morgan fingerprint density at radius 3 is 2.42 bits per heavy atom. The van der Waals surface area contributed by atoms with Crippen LogP contribution >= 0.6 is 11.8 Å². The number of halogens is 4. The minimum atomic E-state index is -4.54. The highest BCUT2D eigenvalue weighted by atomic mass is 32.2. The van der Waals surface area contributed by atoms with Crippen LogP contribution in [0, 0.1) is 5.82 Å². The van der Waals surface area contributed by atoms with Gasteiger partial charge >= 0.3 is 11.8 Å². The van der Waals surface area contributed by atoms with Crippen molar-refractivity contribution >= 4 is 33.6 Å². The van der Waals surface area contributed by atoms with Crippen LogP contribution in [-0.4, -0.2) is 16.8 Å². The van der Waals surface area contributed by atoms with Crippen LogP contribution in [0.4, 0.5) is 17.6 Å². The average molecular weight is 543 g/mol. The summed E-state index contributed by atoms with van der Waals surface area (Å²) in [5.41, 5.74) is -1.95. The predicted octanol–water partition coefficient (Wildman–Crippen LogP) is 6.18. The molecule has 3 aromatic carbocycles. The highest BCUT2D eigenvalue weighted by Gasteiger charge is 2.30. The fourth-order valence-electron chi connectivity index (χ4n) is 4.09. The monoisotopic (exact) mass is 543 g/mol.